The molecule has 6 heavy (non-hydrogen) atoms. The van der Waals surface area contributed by atoms with Crippen LogP contribution in [-0.4, -0.2) is 10.7 Å². The molecule has 0 fully saturated rings. The lowest BCUT2D eigenvalue weighted by Gasteiger charge is -1.96. The van der Waals surface area contributed by atoms with E-state index in [0.29, 0.717) is 0 Å². The molecule has 0 aromatic carbocycles. The summed E-state index contributed by atoms with van der Waals surface area (Å²) < 4.78 is 0. The zero-order chi connectivity index (χ0) is 4.99. The Balaban J connectivity index is 2.63. The molecule has 0 aliphatic heterocycles. The van der Waals surface area contributed by atoms with Crippen molar-refractivity contribution in [1.29, 1.82) is 0 Å². The molecule has 0 aromatic rings. The van der Waals surface area contributed by atoms with E-state index in [1.807, 2.05) is 11.8 Å². The van der Waals surface area contributed by atoms with Crippen LogP contribution in [0.4, 0.5) is 0 Å². The van der Waals surface area contributed by atoms with Crippen LogP contribution in [0.2, 0.25) is 0 Å². The van der Waals surface area contributed by atoms with Gasteiger partial charge in [0.15, 0.2) is 0 Å². The Morgan fingerprint density at radius 3 is 2.33 bits per heavy atom. The average molecular weight is 122 g/mol. The Morgan fingerprint density at radius 1 is 1.83 bits per heavy atom. The van der Waals surface area contributed by atoms with Crippen LogP contribution in [0, 0.1) is 0 Å². The van der Waals surface area contributed by atoms with E-state index in [4.69, 9.17) is 0 Å². The minimum atomic E-state index is 0.731. The van der Waals surface area contributed by atoms with E-state index in [0.717, 1.165) is 4.99 Å². The highest BCUT2D eigenvalue weighted by atomic mass is 32.2. The van der Waals surface area contributed by atoms with Crippen molar-refractivity contribution in [2.75, 3.05) is 5.75 Å². The smallest absolute Gasteiger partial charge is 0.0162 e. The van der Waals surface area contributed by atoms with Crippen molar-refractivity contribution in [2.24, 2.45) is 0 Å². The molecule has 0 saturated carbocycles. The van der Waals surface area contributed by atoms with Crippen LogP contribution in [0.25, 0.3) is 0 Å². The van der Waals surface area contributed by atoms with Crippen molar-refractivity contribution >= 4 is 21.0 Å². The molecular weight excluding hydrogens is 111 g/mol. The van der Waals surface area contributed by atoms with Gasteiger partial charge in [-0.05, 0) is 12.7 Å². The molecule has 2 heteroatoms. The molecule has 0 rings (SSSR count). The maximum Gasteiger partial charge on any atom is 0.0162 e. The second-order valence-electron chi connectivity index (χ2n) is 1.16. The highest BCUT2D eigenvalue weighted by Gasteiger charge is 1.85. The lowest BCUT2D eigenvalue weighted by Crippen LogP contribution is -1.78. The van der Waals surface area contributed by atoms with Crippen LogP contribution in [0.1, 0.15) is 13.8 Å². The number of hydrogen-bond acceptors (Lipinski definition) is 1. The maximum absolute atomic E-state index is 2.74. The zero-order valence-electron chi connectivity index (χ0n) is 4.27. The van der Waals surface area contributed by atoms with E-state index in [2.05, 4.69) is 23.1 Å². The fraction of sp³-hybridized carbons (Fsp3) is 1.00. The van der Waals surface area contributed by atoms with Crippen molar-refractivity contribution in [2.45, 2.75) is 18.8 Å². The molecule has 0 aliphatic rings. The van der Waals surface area contributed by atoms with E-state index < -0.39 is 0 Å². The molecule has 0 radical (unpaired) electrons. The first kappa shape index (κ1) is 6.78. The van der Waals surface area contributed by atoms with Gasteiger partial charge in [-0.3, -0.25) is 0 Å². The first-order chi connectivity index (χ1) is 2.77. The van der Waals surface area contributed by atoms with Gasteiger partial charge in [0.25, 0.3) is 0 Å². The predicted molar refractivity (Wildman–Crippen MR) is 37.3 cm³/mol. The van der Waals surface area contributed by atoms with Crippen LogP contribution in [-0.2, 0) is 0 Å². The second kappa shape index (κ2) is 3.95. The van der Waals surface area contributed by atoms with Crippen LogP contribution >= 0.6 is 21.0 Å². The largest absolute Gasteiger partial charge is 0.155 e. The van der Waals surface area contributed by atoms with Crippen molar-refractivity contribution < 1.29 is 0 Å². The summed E-state index contributed by atoms with van der Waals surface area (Å²) in [6, 6.07) is 0. The molecule has 0 saturated heterocycles. The number of thioether (sulfide) groups is 1. The van der Waals surface area contributed by atoms with Gasteiger partial charge in [-0.2, -0.15) is 11.8 Å². The van der Waals surface area contributed by atoms with E-state index in [9.17, 15) is 0 Å². The van der Waals surface area contributed by atoms with Crippen molar-refractivity contribution in [3.8, 4) is 0 Å². The molecule has 38 valence electrons. The van der Waals surface area contributed by atoms with E-state index in [1.165, 1.54) is 5.75 Å². The first-order valence-electron chi connectivity index (χ1n) is 2.14. The van der Waals surface area contributed by atoms with Crippen molar-refractivity contribution in [3.63, 3.8) is 0 Å². The van der Waals surface area contributed by atoms with E-state index >= 15 is 0 Å². The molecule has 0 amide bonds. The standard InChI is InChI=1S/C4H11PS/c1-3-6-4(2)5/h4H,3,5H2,1-2H3. The highest BCUT2D eigenvalue weighted by molar-refractivity contribution is 8.03. The summed E-state index contributed by atoms with van der Waals surface area (Å²) in [5.41, 5.74) is 0. The van der Waals surface area contributed by atoms with Gasteiger partial charge >= 0.3 is 0 Å². The fourth-order valence-corrected chi connectivity index (χ4v) is 1.37. The average Bonchev–Trinajstić information content (AvgIpc) is 1.35. The SMILES string of the molecule is CCSC(C)P. The minimum Gasteiger partial charge on any atom is -0.155 e. The summed E-state index contributed by atoms with van der Waals surface area (Å²) in [6.07, 6.45) is 0. The van der Waals surface area contributed by atoms with Crippen LogP contribution in [0.5, 0.6) is 0 Å². The van der Waals surface area contributed by atoms with E-state index in [1.54, 1.807) is 0 Å². The summed E-state index contributed by atoms with van der Waals surface area (Å²) >= 11 is 1.95. The Hall–Kier alpha value is 0.780. The molecular formula is C4H11PS. The van der Waals surface area contributed by atoms with Crippen LogP contribution in [0.15, 0.2) is 0 Å². The zero-order valence-corrected chi connectivity index (χ0v) is 6.24. The minimum absolute atomic E-state index is 0.731. The van der Waals surface area contributed by atoms with Crippen LogP contribution < -0.4 is 0 Å². The van der Waals surface area contributed by atoms with E-state index in [-0.39, 0.29) is 0 Å². The maximum atomic E-state index is 2.74. The first-order valence-corrected chi connectivity index (χ1v) is 3.86. The molecule has 0 nitrogen and oxygen atoms in total. The monoisotopic (exact) mass is 122 g/mol. The van der Waals surface area contributed by atoms with Gasteiger partial charge in [0.2, 0.25) is 0 Å². The van der Waals surface area contributed by atoms with Gasteiger partial charge < -0.3 is 0 Å². The highest BCUT2D eigenvalue weighted by Crippen LogP contribution is 2.14. The molecule has 0 aliphatic carbocycles. The van der Waals surface area contributed by atoms with Gasteiger partial charge in [0.05, 0.1) is 0 Å². The topological polar surface area (TPSA) is 0 Å². The molecule has 0 N–H and O–H groups in total. The molecule has 0 heterocycles. The summed E-state index contributed by atoms with van der Waals surface area (Å²) in [6.45, 7) is 4.35. The lowest BCUT2D eigenvalue weighted by atomic mass is 10.9. The molecule has 2 unspecified atom stereocenters. The predicted octanol–water partition coefficient (Wildman–Crippen LogP) is 1.96. The Morgan fingerprint density at radius 2 is 2.33 bits per heavy atom. The molecule has 0 aromatic heterocycles. The lowest BCUT2D eigenvalue weighted by molar-refractivity contribution is 1.40. The van der Waals surface area contributed by atoms with Gasteiger partial charge in [-0.15, -0.1) is 9.24 Å². The van der Waals surface area contributed by atoms with Gasteiger partial charge in [0, 0.05) is 4.99 Å². The summed E-state index contributed by atoms with van der Waals surface area (Å²) in [5.74, 6) is 1.23. The molecule has 2 atom stereocenters. The molecule has 0 spiro atoms. The van der Waals surface area contributed by atoms with Gasteiger partial charge in [-0.1, -0.05) is 6.92 Å². The fourth-order valence-electron chi connectivity index (χ4n) is 0.263. The Kier molecular flexibility index (Phi) is 4.47. The normalized spacial score (nSPS) is 14.5. The van der Waals surface area contributed by atoms with Gasteiger partial charge in [-0.25, -0.2) is 0 Å². The molecule has 0 bridgehead atoms. The second-order valence-corrected chi connectivity index (χ2v) is 4.30. The summed E-state index contributed by atoms with van der Waals surface area (Å²) in [5, 5.41) is 0. The third kappa shape index (κ3) is 4.78. The number of rotatable bonds is 2. The third-order valence-electron chi connectivity index (χ3n) is 0.430. The van der Waals surface area contributed by atoms with Crippen molar-refractivity contribution in [3.05, 3.63) is 0 Å². The Bertz CT molecular complexity index is 28.7. The third-order valence-corrected chi connectivity index (χ3v) is 1.87. The van der Waals surface area contributed by atoms with Gasteiger partial charge in [0.1, 0.15) is 0 Å². The Labute approximate surface area is 46.3 Å². The summed E-state index contributed by atoms with van der Waals surface area (Å²) in [7, 11) is 2.74. The summed E-state index contributed by atoms with van der Waals surface area (Å²) in [4.78, 5) is 0.731. The van der Waals surface area contributed by atoms with Crippen LogP contribution in [0.3, 0.4) is 0 Å². The number of hydrogen-bond donors (Lipinski definition) is 0. The van der Waals surface area contributed by atoms with Crippen molar-refractivity contribution in [1.82, 2.24) is 0 Å². The quantitative estimate of drug-likeness (QED) is 0.504.